The van der Waals surface area contributed by atoms with Crippen LogP contribution in [0.5, 0.6) is 0 Å². The van der Waals surface area contributed by atoms with Crippen LogP contribution in [0.2, 0.25) is 0 Å². The van der Waals surface area contributed by atoms with E-state index in [0.717, 1.165) is 0 Å². The topological polar surface area (TPSA) is 75.4 Å². The fourth-order valence-electron chi connectivity index (χ4n) is 1.43. The lowest BCUT2D eigenvalue weighted by molar-refractivity contribution is -0.126. The van der Waals surface area contributed by atoms with Crippen molar-refractivity contribution in [3.05, 3.63) is 0 Å². The molecule has 0 bridgehead atoms. The van der Waals surface area contributed by atoms with Crippen LogP contribution in [-0.4, -0.2) is 42.4 Å². The lowest BCUT2D eigenvalue weighted by atomic mass is 10.2. The minimum Gasteiger partial charge on any atom is -0.368 e. The molecule has 0 saturated carbocycles. The van der Waals surface area contributed by atoms with Crippen molar-refractivity contribution < 1.29 is 9.59 Å². The van der Waals surface area contributed by atoms with E-state index in [0.29, 0.717) is 6.42 Å². The van der Waals surface area contributed by atoms with Gasteiger partial charge in [0.05, 0.1) is 12.6 Å². The molecule has 15 heavy (non-hydrogen) atoms. The van der Waals surface area contributed by atoms with Crippen LogP contribution in [0.1, 0.15) is 27.2 Å². The zero-order chi connectivity index (χ0) is 12.0. The Balaban J connectivity index is 4.15. The van der Waals surface area contributed by atoms with E-state index in [1.807, 2.05) is 20.8 Å². The molecule has 0 aromatic carbocycles. The van der Waals surface area contributed by atoms with Crippen molar-refractivity contribution in [2.45, 2.75) is 39.3 Å². The molecule has 1 atom stereocenters. The second-order valence-corrected chi connectivity index (χ2v) is 3.96. The third kappa shape index (κ3) is 5.37. The first-order valence-electron chi connectivity index (χ1n) is 5.17. The fourth-order valence-corrected chi connectivity index (χ4v) is 1.43. The minimum absolute atomic E-state index is 0.0906. The summed E-state index contributed by atoms with van der Waals surface area (Å²) in [5, 5.41) is 2.76. The molecule has 0 heterocycles. The van der Waals surface area contributed by atoms with Crippen LogP contribution in [0.25, 0.3) is 0 Å². The van der Waals surface area contributed by atoms with Crippen LogP contribution in [0, 0.1) is 0 Å². The first-order chi connectivity index (χ1) is 6.88. The van der Waals surface area contributed by atoms with Crippen LogP contribution in [0.15, 0.2) is 0 Å². The maximum Gasteiger partial charge on any atom is 0.234 e. The summed E-state index contributed by atoms with van der Waals surface area (Å²) < 4.78 is 0. The van der Waals surface area contributed by atoms with Crippen LogP contribution in [0.3, 0.4) is 0 Å². The average molecular weight is 215 g/mol. The Morgan fingerprint density at radius 1 is 1.40 bits per heavy atom. The number of hydrogen-bond donors (Lipinski definition) is 2. The van der Waals surface area contributed by atoms with Gasteiger partial charge in [-0.2, -0.15) is 0 Å². The second kappa shape index (κ2) is 6.40. The number of carbonyl (C=O) groups excluding carboxylic acids is 2. The zero-order valence-corrected chi connectivity index (χ0v) is 9.91. The average Bonchev–Trinajstić information content (AvgIpc) is 2.01. The molecular formula is C10H21N3O2. The highest BCUT2D eigenvalue weighted by Gasteiger charge is 2.20. The Morgan fingerprint density at radius 3 is 2.27 bits per heavy atom. The second-order valence-electron chi connectivity index (χ2n) is 3.96. The molecule has 0 spiro atoms. The quantitative estimate of drug-likeness (QED) is 0.639. The summed E-state index contributed by atoms with van der Waals surface area (Å²) in [6.07, 6.45) is 0.612. The van der Waals surface area contributed by atoms with Gasteiger partial charge in [0.2, 0.25) is 11.8 Å². The van der Waals surface area contributed by atoms with Crippen molar-refractivity contribution in [1.29, 1.82) is 0 Å². The Kier molecular flexibility index (Phi) is 5.93. The lowest BCUT2D eigenvalue weighted by Crippen LogP contribution is -2.47. The summed E-state index contributed by atoms with van der Waals surface area (Å²) >= 11 is 0. The Morgan fingerprint density at radius 2 is 1.93 bits per heavy atom. The highest BCUT2D eigenvalue weighted by Crippen LogP contribution is 2.00. The predicted molar refractivity (Wildman–Crippen MR) is 59.2 cm³/mol. The van der Waals surface area contributed by atoms with Crippen molar-refractivity contribution in [2.24, 2.45) is 5.73 Å². The largest absolute Gasteiger partial charge is 0.368 e. The summed E-state index contributed by atoms with van der Waals surface area (Å²) in [7, 11) is 1.72. The molecule has 0 aromatic rings. The standard InChI is InChI=1S/C10H21N3O2/c1-5-8(10(11)15)13(4)6-9(14)12-7(2)3/h7-8H,5-6H2,1-4H3,(H2,11,15)(H,12,14). The van der Waals surface area contributed by atoms with E-state index >= 15 is 0 Å². The smallest absolute Gasteiger partial charge is 0.234 e. The number of nitrogens with one attached hydrogen (secondary N) is 1. The number of carbonyl (C=O) groups is 2. The van der Waals surface area contributed by atoms with Crippen LogP contribution in [-0.2, 0) is 9.59 Å². The van der Waals surface area contributed by atoms with Crippen molar-refractivity contribution in [3.63, 3.8) is 0 Å². The molecule has 0 aliphatic rings. The summed E-state index contributed by atoms with van der Waals surface area (Å²) in [6, 6.07) is -0.262. The van der Waals surface area contributed by atoms with Gasteiger partial charge < -0.3 is 11.1 Å². The first-order valence-corrected chi connectivity index (χ1v) is 5.17. The zero-order valence-electron chi connectivity index (χ0n) is 9.91. The maximum atomic E-state index is 11.4. The predicted octanol–water partition coefficient (Wildman–Crippen LogP) is -0.293. The first kappa shape index (κ1) is 13.9. The van der Waals surface area contributed by atoms with Gasteiger partial charge in [0.1, 0.15) is 0 Å². The number of primary amides is 1. The fraction of sp³-hybridized carbons (Fsp3) is 0.800. The van der Waals surface area contributed by atoms with Crippen LogP contribution in [0.4, 0.5) is 0 Å². The highest BCUT2D eigenvalue weighted by molar-refractivity contribution is 5.82. The molecule has 1 unspecified atom stereocenters. The van der Waals surface area contributed by atoms with Gasteiger partial charge in [0.15, 0.2) is 0 Å². The van der Waals surface area contributed by atoms with E-state index in [4.69, 9.17) is 5.73 Å². The van der Waals surface area contributed by atoms with E-state index in [-0.39, 0.29) is 24.5 Å². The number of hydrogen-bond acceptors (Lipinski definition) is 3. The van der Waals surface area contributed by atoms with E-state index in [1.54, 1.807) is 11.9 Å². The van der Waals surface area contributed by atoms with Crippen molar-refractivity contribution in [1.82, 2.24) is 10.2 Å². The van der Waals surface area contributed by atoms with Gasteiger partial charge in [-0.1, -0.05) is 6.92 Å². The monoisotopic (exact) mass is 215 g/mol. The molecule has 5 heteroatoms. The van der Waals surface area contributed by atoms with Crippen molar-refractivity contribution in [3.8, 4) is 0 Å². The number of likely N-dealkylation sites (N-methyl/N-ethyl adjacent to an activating group) is 1. The minimum atomic E-state index is -0.391. The summed E-state index contributed by atoms with van der Waals surface area (Å²) in [4.78, 5) is 24.1. The number of rotatable bonds is 6. The van der Waals surface area contributed by atoms with E-state index in [2.05, 4.69) is 5.32 Å². The van der Waals surface area contributed by atoms with E-state index in [9.17, 15) is 9.59 Å². The molecule has 0 aliphatic heterocycles. The molecule has 0 radical (unpaired) electrons. The van der Waals surface area contributed by atoms with Crippen molar-refractivity contribution >= 4 is 11.8 Å². The Labute approximate surface area is 91.0 Å². The molecule has 0 fully saturated rings. The summed E-state index contributed by atoms with van der Waals surface area (Å²) in [5.74, 6) is -0.482. The van der Waals surface area contributed by atoms with Gasteiger partial charge in [-0.05, 0) is 27.3 Å². The molecule has 3 N–H and O–H groups in total. The SMILES string of the molecule is CCC(C(N)=O)N(C)CC(=O)NC(C)C. The molecule has 0 aliphatic carbocycles. The van der Waals surface area contributed by atoms with Crippen molar-refractivity contribution in [2.75, 3.05) is 13.6 Å². The third-order valence-corrected chi connectivity index (χ3v) is 2.09. The van der Waals surface area contributed by atoms with E-state index < -0.39 is 5.91 Å². The summed E-state index contributed by atoms with van der Waals surface area (Å²) in [5.41, 5.74) is 5.21. The molecule has 5 nitrogen and oxygen atoms in total. The Bertz CT molecular complexity index is 229. The van der Waals surface area contributed by atoms with Gasteiger partial charge in [-0.3, -0.25) is 14.5 Å². The summed E-state index contributed by atoms with van der Waals surface area (Å²) in [6.45, 7) is 5.85. The lowest BCUT2D eigenvalue weighted by Gasteiger charge is -2.24. The number of amides is 2. The van der Waals surface area contributed by atoms with Gasteiger partial charge in [-0.25, -0.2) is 0 Å². The van der Waals surface area contributed by atoms with E-state index in [1.165, 1.54) is 0 Å². The van der Waals surface area contributed by atoms with Gasteiger partial charge in [-0.15, -0.1) is 0 Å². The third-order valence-electron chi connectivity index (χ3n) is 2.09. The highest BCUT2D eigenvalue weighted by atomic mass is 16.2. The molecule has 0 aromatic heterocycles. The van der Waals surface area contributed by atoms with Crippen LogP contribution >= 0.6 is 0 Å². The molecule has 0 saturated heterocycles. The maximum absolute atomic E-state index is 11.4. The Hall–Kier alpha value is -1.10. The molecule has 0 rings (SSSR count). The van der Waals surface area contributed by atoms with Gasteiger partial charge in [0, 0.05) is 6.04 Å². The van der Waals surface area contributed by atoms with Gasteiger partial charge >= 0.3 is 0 Å². The molecule has 88 valence electrons. The number of nitrogens with two attached hydrogens (primary N) is 1. The molecular weight excluding hydrogens is 194 g/mol. The van der Waals surface area contributed by atoms with Crippen LogP contribution < -0.4 is 11.1 Å². The molecule has 2 amide bonds. The normalized spacial score (nSPS) is 12.9. The van der Waals surface area contributed by atoms with Gasteiger partial charge in [0.25, 0.3) is 0 Å². The number of nitrogens with zero attached hydrogens (tertiary/aromatic N) is 1.